The van der Waals surface area contributed by atoms with E-state index in [-0.39, 0.29) is 21.7 Å². The monoisotopic (exact) mass is 494 g/mol. The number of rotatable bonds is 2. The second kappa shape index (κ2) is 8.72. The van der Waals surface area contributed by atoms with Gasteiger partial charge in [-0.1, -0.05) is 143 Å². The van der Waals surface area contributed by atoms with Gasteiger partial charge in [0.2, 0.25) is 0 Å². The molecule has 0 bridgehead atoms. The molecule has 3 aliphatic rings. The van der Waals surface area contributed by atoms with Crippen LogP contribution in [0.25, 0.3) is 11.1 Å². The highest BCUT2D eigenvalue weighted by atomic mass is 14.5. The molecule has 1 atom stereocenters. The van der Waals surface area contributed by atoms with Crippen molar-refractivity contribution in [3.8, 4) is 11.1 Å². The summed E-state index contributed by atoms with van der Waals surface area (Å²) in [6, 6.07) is 15.0. The van der Waals surface area contributed by atoms with Gasteiger partial charge in [0.05, 0.1) is 0 Å². The van der Waals surface area contributed by atoms with E-state index < -0.39 is 0 Å². The maximum atomic E-state index is 2.64. The molecule has 1 fully saturated rings. The number of allylic oxidation sites excluding steroid dienone is 4. The number of hydrogen-bond donors (Lipinski definition) is 0. The molecule has 0 nitrogen and oxygen atoms in total. The van der Waals surface area contributed by atoms with E-state index in [9.17, 15) is 0 Å². The van der Waals surface area contributed by atoms with Gasteiger partial charge in [0.15, 0.2) is 0 Å². The zero-order valence-corrected chi connectivity index (χ0v) is 25.3. The summed E-state index contributed by atoms with van der Waals surface area (Å²) in [7, 11) is 0. The van der Waals surface area contributed by atoms with Crippen LogP contribution in [0.5, 0.6) is 0 Å². The molecule has 0 aromatic heterocycles. The van der Waals surface area contributed by atoms with Crippen LogP contribution in [0.1, 0.15) is 130 Å². The third-order valence-corrected chi connectivity index (χ3v) is 9.72. The van der Waals surface area contributed by atoms with Crippen molar-refractivity contribution in [1.82, 2.24) is 0 Å². The van der Waals surface area contributed by atoms with Crippen molar-refractivity contribution in [3.63, 3.8) is 0 Å². The highest BCUT2D eigenvalue weighted by Gasteiger charge is 2.50. The highest BCUT2D eigenvalue weighted by Crippen LogP contribution is 2.63. The van der Waals surface area contributed by atoms with Gasteiger partial charge in [0.1, 0.15) is 0 Å². The van der Waals surface area contributed by atoms with Gasteiger partial charge in [-0.15, -0.1) is 0 Å². The van der Waals surface area contributed by atoms with E-state index >= 15 is 0 Å². The maximum absolute atomic E-state index is 2.64. The largest absolute Gasteiger partial charge is 0.0738 e. The van der Waals surface area contributed by atoms with Gasteiger partial charge in [0.25, 0.3) is 0 Å². The van der Waals surface area contributed by atoms with Crippen molar-refractivity contribution in [2.24, 2.45) is 16.7 Å². The molecule has 0 radical (unpaired) electrons. The van der Waals surface area contributed by atoms with E-state index in [1.165, 1.54) is 59.9 Å². The average Bonchev–Trinajstić information content (AvgIpc) is 3.36. The van der Waals surface area contributed by atoms with Crippen LogP contribution in [-0.4, -0.2) is 0 Å². The molecule has 0 spiro atoms. The van der Waals surface area contributed by atoms with Gasteiger partial charge in [-0.05, 0) is 74.0 Å². The summed E-state index contributed by atoms with van der Waals surface area (Å²) < 4.78 is 0. The van der Waals surface area contributed by atoms with Crippen LogP contribution in [-0.2, 0) is 10.8 Å². The Morgan fingerprint density at radius 2 is 1.14 bits per heavy atom. The molecule has 198 valence electrons. The second-order valence-electron chi connectivity index (χ2n) is 15.5. The van der Waals surface area contributed by atoms with Crippen LogP contribution >= 0.6 is 0 Å². The Bertz CT molecular complexity index is 1190. The lowest BCUT2D eigenvalue weighted by atomic mass is 9.57. The molecule has 2 aromatic carbocycles. The Labute approximate surface area is 227 Å². The van der Waals surface area contributed by atoms with Crippen molar-refractivity contribution < 1.29 is 0 Å². The van der Waals surface area contributed by atoms with Gasteiger partial charge in [0, 0.05) is 11.3 Å². The Hall–Kier alpha value is -2.08. The summed E-state index contributed by atoms with van der Waals surface area (Å²) in [6.45, 7) is 23.7. The third-order valence-electron chi connectivity index (χ3n) is 9.72. The first-order chi connectivity index (χ1) is 17.1. The van der Waals surface area contributed by atoms with Crippen molar-refractivity contribution in [3.05, 3.63) is 82.0 Å². The molecule has 3 aliphatic carbocycles. The second-order valence-corrected chi connectivity index (χ2v) is 15.5. The first-order valence-electron chi connectivity index (χ1n) is 14.9. The first-order valence-corrected chi connectivity index (χ1v) is 14.9. The summed E-state index contributed by atoms with van der Waals surface area (Å²) in [4.78, 5) is 0. The Balaban J connectivity index is 1.75. The fourth-order valence-corrected chi connectivity index (χ4v) is 7.47. The maximum Gasteiger partial charge on any atom is 0.0196 e. The van der Waals surface area contributed by atoms with Gasteiger partial charge < -0.3 is 0 Å². The van der Waals surface area contributed by atoms with Crippen LogP contribution in [0.2, 0.25) is 0 Å². The summed E-state index contributed by atoms with van der Waals surface area (Å²) >= 11 is 0. The molecule has 0 amide bonds. The van der Waals surface area contributed by atoms with Crippen molar-refractivity contribution in [1.29, 1.82) is 0 Å². The molecule has 0 heteroatoms. The van der Waals surface area contributed by atoms with E-state index in [1.54, 1.807) is 16.7 Å². The Morgan fingerprint density at radius 1 is 0.649 bits per heavy atom. The molecule has 0 heterocycles. The molecule has 0 aliphatic heterocycles. The molecular formula is C37H50. The quantitative estimate of drug-likeness (QED) is 0.389. The molecule has 2 aromatic rings. The highest BCUT2D eigenvalue weighted by molar-refractivity contribution is 5.81. The third kappa shape index (κ3) is 4.47. The summed E-state index contributed by atoms with van der Waals surface area (Å²) in [5.74, 6) is 0.963. The minimum atomic E-state index is 0.144. The predicted molar refractivity (Wildman–Crippen MR) is 161 cm³/mol. The van der Waals surface area contributed by atoms with Crippen LogP contribution in [0, 0.1) is 16.7 Å². The topological polar surface area (TPSA) is 0 Å². The van der Waals surface area contributed by atoms with Gasteiger partial charge in [-0.3, -0.25) is 0 Å². The molecule has 1 unspecified atom stereocenters. The molecule has 37 heavy (non-hydrogen) atoms. The SMILES string of the molecule is CC1C=C(C(C)(C)C)C=C1C1(C2c3ccc(C(C)(C)C)cc3-c3cc(C(C)(C)C)ccc32)CCCCC1. The van der Waals surface area contributed by atoms with E-state index in [4.69, 9.17) is 0 Å². The van der Waals surface area contributed by atoms with Crippen LogP contribution in [0.3, 0.4) is 0 Å². The number of benzene rings is 2. The van der Waals surface area contributed by atoms with Crippen LogP contribution < -0.4 is 0 Å². The van der Waals surface area contributed by atoms with Crippen LogP contribution in [0.4, 0.5) is 0 Å². The lowest BCUT2D eigenvalue weighted by molar-refractivity contribution is 0.201. The lowest BCUT2D eigenvalue weighted by Gasteiger charge is -2.46. The molecule has 0 saturated heterocycles. The standard InChI is InChI=1S/C37H50/c1-24-20-27(36(8,9)10)23-32(24)37(18-12-11-13-19-37)33-28-16-14-25(34(2,3)4)21-30(28)31-22-26(35(5,6)7)15-17-29(31)33/h14-17,20-24,33H,11-13,18-19H2,1-10H3. The molecule has 0 N–H and O–H groups in total. The van der Waals surface area contributed by atoms with Crippen LogP contribution in [0.15, 0.2) is 59.7 Å². The number of fused-ring (bicyclic) bond motifs is 3. The predicted octanol–water partition coefficient (Wildman–Crippen LogP) is 10.9. The molecule has 1 saturated carbocycles. The molecular weight excluding hydrogens is 444 g/mol. The smallest absolute Gasteiger partial charge is 0.0196 e. The fourth-order valence-electron chi connectivity index (χ4n) is 7.47. The zero-order chi connectivity index (χ0) is 27.0. The van der Waals surface area contributed by atoms with Crippen molar-refractivity contribution in [2.45, 2.75) is 118 Å². The van der Waals surface area contributed by atoms with E-state index in [2.05, 4.69) is 118 Å². The van der Waals surface area contributed by atoms with E-state index in [0.29, 0.717) is 11.8 Å². The zero-order valence-electron chi connectivity index (χ0n) is 25.3. The molecule has 5 rings (SSSR count). The van der Waals surface area contributed by atoms with Gasteiger partial charge in [-0.25, -0.2) is 0 Å². The summed E-state index contributed by atoms with van der Waals surface area (Å²) in [5, 5.41) is 0. The minimum Gasteiger partial charge on any atom is -0.0738 e. The number of hydrogen-bond acceptors (Lipinski definition) is 0. The summed E-state index contributed by atoms with van der Waals surface area (Å²) in [5.41, 5.74) is 13.0. The normalized spacial score (nSPS) is 21.9. The van der Waals surface area contributed by atoms with Gasteiger partial charge >= 0.3 is 0 Å². The fraction of sp³-hybridized carbons (Fsp3) is 0.568. The van der Waals surface area contributed by atoms with E-state index in [1.807, 2.05) is 0 Å². The van der Waals surface area contributed by atoms with Gasteiger partial charge in [-0.2, -0.15) is 0 Å². The average molecular weight is 495 g/mol. The lowest BCUT2D eigenvalue weighted by Crippen LogP contribution is -2.35. The minimum absolute atomic E-state index is 0.144. The summed E-state index contributed by atoms with van der Waals surface area (Å²) in [6.07, 6.45) is 11.9. The van der Waals surface area contributed by atoms with E-state index in [0.717, 1.165) is 0 Å². The Kier molecular flexibility index (Phi) is 6.25. The van der Waals surface area contributed by atoms with Crippen molar-refractivity contribution in [2.75, 3.05) is 0 Å². The first kappa shape index (κ1) is 26.5. The van der Waals surface area contributed by atoms with Crippen molar-refractivity contribution >= 4 is 0 Å². The Morgan fingerprint density at radius 3 is 1.54 bits per heavy atom.